The first-order chi connectivity index (χ1) is 9.65. The van der Waals surface area contributed by atoms with Gasteiger partial charge in [0, 0.05) is 0 Å². The third-order valence-electron chi connectivity index (χ3n) is 2.17. The van der Waals surface area contributed by atoms with Crippen LogP contribution in [-0.4, -0.2) is 18.7 Å². The summed E-state index contributed by atoms with van der Waals surface area (Å²) in [6, 6.07) is 11.0. The number of nitrogens with zero attached hydrogens (tertiary/aromatic N) is 1. The molecule has 0 bridgehead atoms. The molecule has 1 N–H and O–H groups in total. The summed E-state index contributed by atoms with van der Waals surface area (Å²) in [5.41, 5.74) is 2.37. The average Bonchev–Trinajstić information content (AvgIpc) is 2.83. The summed E-state index contributed by atoms with van der Waals surface area (Å²) >= 11 is 4.20. The highest BCUT2D eigenvalue weighted by Gasteiger charge is 2.04. The molecule has 0 aliphatic heterocycles. The minimum absolute atomic E-state index is 0.0902. The number of carbonyl (C=O) groups is 1. The Morgan fingerprint density at radius 2 is 2.10 bits per heavy atom. The molecule has 1 amide bonds. The minimum Gasteiger partial charge on any atom is -0.483 e. The molecule has 20 heavy (non-hydrogen) atoms. The molecule has 2 aromatic rings. The van der Waals surface area contributed by atoms with Crippen LogP contribution < -0.4 is 10.2 Å². The zero-order chi connectivity index (χ0) is 14.4. The van der Waals surface area contributed by atoms with E-state index < -0.39 is 0 Å². The van der Waals surface area contributed by atoms with Gasteiger partial charge in [0.15, 0.2) is 10.4 Å². The molecule has 1 aromatic carbocycles. The van der Waals surface area contributed by atoms with Gasteiger partial charge < -0.3 is 9.15 Å². The third-order valence-corrected chi connectivity index (χ3v) is 3.64. The molecule has 7 heteroatoms. The Balaban J connectivity index is 1.78. The SMILES string of the molecule is O=C(COc1ccccc1I)N/N=C/c1ccc(I)o1. The van der Waals surface area contributed by atoms with Crippen LogP contribution in [0.25, 0.3) is 0 Å². The molecule has 104 valence electrons. The van der Waals surface area contributed by atoms with Crippen LogP contribution in [0.1, 0.15) is 5.76 Å². The Bertz CT molecular complexity index is 626. The number of para-hydroxylation sites is 1. The largest absolute Gasteiger partial charge is 0.483 e. The van der Waals surface area contributed by atoms with Gasteiger partial charge in [-0.3, -0.25) is 4.79 Å². The van der Waals surface area contributed by atoms with Gasteiger partial charge in [-0.25, -0.2) is 5.43 Å². The first-order valence-corrected chi connectivity index (χ1v) is 7.75. The number of amides is 1. The quantitative estimate of drug-likeness (QED) is 0.394. The molecule has 0 unspecified atom stereocenters. The van der Waals surface area contributed by atoms with Gasteiger partial charge in [-0.05, 0) is 69.4 Å². The zero-order valence-corrected chi connectivity index (χ0v) is 14.5. The van der Waals surface area contributed by atoms with Crippen molar-refractivity contribution in [1.82, 2.24) is 5.43 Å². The lowest BCUT2D eigenvalue weighted by Gasteiger charge is -2.06. The lowest BCUT2D eigenvalue weighted by molar-refractivity contribution is -0.123. The monoisotopic (exact) mass is 496 g/mol. The first-order valence-electron chi connectivity index (χ1n) is 5.60. The van der Waals surface area contributed by atoms with Gasteiger partial charge in [0.2, 0.25) is 0 Å². The van der Waals surface area contributed by atoms with Crippen molar-refractivity contribution in [3.05, 3.63) is 49.5 Å². The van der Waals surface area contributed by atoms with Crippen LogP contribution in [0, 0.1) is 7.34 Å². The normalized spacial score (nSPS) is 10.7. The van der Waals surface area contributed by atoms with Crippen molar-refractivity contribution in [2.24, 2.45) is 5.10 Å². The number of hydrazone groups is 1. The topological polar surface area (TPSA) is 63.8 Å². The second kappa shape index (κ2) is 7.62. The molecule has 0 saturated heterocycles. The standard InChI is InChI=1S/C13H10I2N2O3/c14-10-3-1-2-4-11(10)19-8-13(18)17-16-7-9-5-6-12(15)20-9/h1-7H,8H2,(H,17,18)/b16-7+. The molecule has 0 radical (unpaired) electrons. The fraction of sp³-hybridized carbons (Fsp3) is 0.0769. The number of carbonyl (C=O) groups excluding carboxylic acids is 1. The Morgan fingerprint density at radius 1 is 1.30 bits per heavy atom. The van der Waals surface area contributed by atoms with Gasteiger partial charge in [0.05, 0.1) is 9.78 Å². The minimum atomic E-state index is -0.331. The number of benzene rings is 1. The maximum absolute atomic E-state index is 11.5. The van der Waals surface area contributed by atoms with Gasteiger partial charge >= 0.3 is 0 Å². The first kappa shape index (κ1) is 15.3. The van der Waals surface area contributed by atoms with E-state index in [2.05, 4.69) is 55.7 Å². The van der Waals surface area contributed by atoms with E-state index in [1.807, 2.05) is 30.3 Å². The Labute approximate surface area is 143 Å². The molecular formula is C13H10I2N2O3. The second-order valence-electron chi connectivity index (χ2n) is 3.65. The molecule has 5 nitrogen and oxygen atoms in total. The van der Waals surface area contributed by atoms with E-state index in [9.17, 15) is 4.79 Å². The van der Waals surface area contributed by atoms with Crippen molar-refractivity contribution < 1.29 is 13.9 Å². The maximum atomic E-state index is 11.5. The van der Waals surface area contributed by atoms with Crippen molar-refractivity contribution in [2.45, 2.75) is 0 Å². The number of furan rings is 1. The molecule has 1 heterocycles. The van der Waals surface area contributed by atoms with Crippen molar-refractivity contribution in [1.29, 1.82) is 0 Å². The van der Waals surface area contributed by atoms with Crippen molar-refractivity contribution in [2.75, 3.05) is 6.61 Å². The van der Waals surface area contributed by atoms with E-state index in [1.54, 1.807) is 6.07 Å². The number of hydrogen-bond donors (Lipinski definition) is 1. The van der Waals surface area contributed by atoms with Gasteiger partial charge in [-0.1, -0.05) is 12.1 Å². The molecule has 1 aromatic heterocycles. The summed E-state index contributed by atoms with van der Waals surface area (Å²) in [5, 5.41) is 3.79. The average molecular weight is 496 g/mol. The van der Waals surface area contributed by atoms with Crippen LogP contribution in [0.15, 0.2) is 45.9 Å². The summed E-state index contributed by atoms with van der Waals surface area (Å²) in [7, 11) is 0. The number of nitrogens with one attached hydrogen (secondary N) is 1. The van der Waals surface area contributed by atoms with E-state index in [-0.39, 0.29) is 12.5 Å². The highest BCUT2D eigenvalue weighted by atomic mass is 127. The fourth-order valence-corrected chi connectivity index (χ4v) is 2.28. The predicted octanol–water partition coefficient (Wildman–Crippen LogP) is 3.02. The summed E-state index contributed by atoms with van der Waals surface area (Å²) in [4.78, 5) is 11.5. The number of rotatable bonds is 5. The second-order valence-corrected chi connectivity index (χ2v) is 5.88. The Kier molecular flexibility index (Phi) is 5.83. The fourth-order valence-electron chi connectivity index (χ4n) is 1.30. The molecule has 0 fully saturated rings. The van der Waals surface area contributed by atoms with E-state index in [4.69, 9.17) is 9.15 Å². The third kappa shape index (κ3) is 4.78. The van der Waals surface area contributed by atoms with Crippen LogP contribution in [-0.2, 0) is 4.79 Å². The van der Waals surface area contributed by atoms with Gasteiger partial charge in [0.25, 0.3) is 5.91 Å². The van der Waals surface area contributed by atoms with E-state index >= 15 is 0 Å². The maximum Gasteiger partial charge on any atom is 0.277 e. The zero-order valence-electron chi connectivity index (χ0n) is 10.2. The Morgan fingerprint density at radius 3 is 2.80 bits per heavy atom. The summed E-state index contributed by atoms with van der Waals surface area (Å²) < 4.78 is 12.4. The van der Waals surface area contributed by atoms with Gasteiger partial charge in [0.1, 0.15) is 11.5 Å². The van der Waals surface area contributed by atoms with Crippen molar-refractivity contribution in [3.63, 3.8) is 0 Å². The molecule has 0 aliphatic rings. The number of halogens is 2. The summed E-state index contributed by atoms with van der Waals surface area (Å²) in [6.07, 6.45) is 1.44. The lowest BCUT2D eigenvalue weighted by atomic mass is 10.3. The van der Waals surface area contributed by atoms with Crippen LogP contribution >= 0.6 is 45.2 Å². The smallest absolute Gasteiger partial charge is 0.277 e. The van der Waals surface area contributed by atoms with Crippen molar-refractivity contribution in [3.8, 4) is 5.75 Å². The van der Waals surface area contributed by atoms with Crippen LogP contribution in [0.2, 0.25) is 0 Å². The lowest BCUT2D eigenvalue weighted by Crippen LogP contribution is -2.24. The highest BCUT2D eigenvalue weighted by Crippen LogP contribution is 2.19. The molecular weight excluding hydrogens is 486 g/mol. The highest BCUT2D eigenvalue weighted by molar-refractivity contribution is 14.1. The van der Waals surface area contributed by atoms with Crippen LogP contribution in [0.5, 0.6) is 5.75 Å². The van der Waals surface area contributed by atoms with Crippen molar-refractivity contribution >= 4 is 57.3 Å². The van der Waals surface area contributed by atoms with Crippen LogP contribution in [0.4, 0.5) is 0 Å². The number of hydrogen-bond acceptors (Lipinski definition) is 4. The predicted molar refractivity (Wildman–Crippen MR) is 91.8 cm³/mol. The number of ether oxygens (including phenoxy) is 1. The molecule has 2 rings (SSSR count). The summed E-state index contributed by atoms with van der Waals surface area (Å²) in [5.74, 6) is 0.920. The van der Waals surface area contributed by atoms with E-state index in [0.717, 1.165) is 7.34 Å². The van der Waals surface area contributed by atoms with Gasteiger partial charge in [-0.2, -0.15) is 5.10 Å². The molecule has 0 atom stereocenters. The Hall–Kier alpha value is -1.10. The van der Waals surface area contributed by atoms with E-state index in [0.29, 0.717) is 11.5 Å². The molecule has 0 spiro atoms. The van der Waals surface area contributed by atoms with E-state index in [1.165, 1.54) is 6.21 Å². The van der Waals surface area contributed by atoms with Crippen LogP contribution in [0.3, 0.4) is 0 Å². The molecule has 0 saturated carbocycles. The molecule has 0 aliphatic carbocycles. The summed E-state index contributed by atoms with van der Waals surface area (Å²) in [6.45, 7) is -0.0902. The van der Waals surface area contributed by atoms with Gasteiger partial charge in [-0.15, -0.1) is 0 Å².